The van der Waals surface area contributed by atoms with Gasteiger partial charge in [0.25, 0.3) is 0 Å². The summed E-state index contributed by atoms with van der Waals surface area (Å²) in [7, 11) is 0. The number of hydrogen-bond donors (Lipinski definition) is 0. The SMILES string of the molecule is CC(=O)O[C@H]1O[C@H](COC(=O)c2ccccc2)[C@H](OC(=O)c2ccccc2)[C@@H]1OC(=O)c1ccccc1. The molecule has 9 heteroatoms. The van der Waals surface area contributed by atoms with Gasteiger partial charge in [0.2, 0.25) is 12.4 Å². The smallest absolute Gasteiger partial charge is 0.338 e. The molecule has 37 heavy (non-hydrogen) atoms. The predicted molar refractivity (Wildman–Crippen MR) is 128 cm³/mol. The van der Waals surface area contributed by atoms with E-state index in [2.05, 4.69) is 0 Å². The van der Waals surface area contributed by atoms with Crippen molar-refractivity contribution in [2.24, 2.45) is 0 Å². The molecule has 9 nitrogen and oxygen atoms in total. The lowest BCUT2D eigenvalue weighted by atomic mass is 10.1. The third-order valence-electron chi connectivity index (χ3n) is 5.44. The van der Waals surface area contributed by atoms with Crippen molar-refractivity contribution >= 4 is 23.9 Å². The largest absolute Gasteiger partial charge is 0.459 e. The average molecular weight is 504 g/mol. The van der Waals surface area contributed by atoms with E-state index in [1.165, 1.54) is 0 Å². The Morgan fingerprint density at radius 3 is 1.51 bits per heavy atom. The molecule has 1 fully saturated rings. The molecule has 1 aliphatic heterocycles. The molecule has 3 aromatic carbocycles. The van der Waals surface area contributed by atoms with Gasteiger partial charge < -0.3 is 23.7 Å². The van der Waals surface area contributed by atoms with Crippen LogP contribution in [-0.4, -0.2) is 55.1 Å². The lowest BCUT2D eigenvalue weighted by Crippen LogP contribution is -2.42. The first-order chi connectivity index (χ1) is 17.9. The molecule has 190 valence electrons. The summed E-state index contributed by atoms with van der Waals surface area (Å²) in [4.78, 5) is 50.0. The maximum atomic E-state index is 12.9. The van der Waals surface area contributed by atoms with Gasteiger partial charge in [0.05, 0.1) is 16.7 Å². The third kappa shape index (κ3) is 6.59. The second kappa shape index (κ2) is 12.0. The summed E-state index contributed by atoms with van der Waals surface area (Å²) >= 11 is 0. The van der Waals surface area contributed by atoms with E-state index in [1.807, 2.05) is 0 Å². The Balaban J connectivity index is 1.58. The summed E-state index contributed by atoms with van der Waals surface area (Å²) in [6.07, 6.45) is -5.09. The minimum atomic E-state index is -1.40. The number of rotatable bonds is 8. The summed E-state index contributed by atoms with van der Waals surface area (Å²) in [5.41, 5.74) is 0.782. The number of hydrogen-bond acceptors (Lipinski definition) is 9. The van der Waals surface area contributed by atoms with Crippen LogP contribution in [0.5, 0.6) is 0 Å². The Kier molecular flexibility index (Phi) is 8.27. The van der Waals surface area contributed by atoms with E-state index in [9.17, 15) is 19.2 Å². The van der Waals surface area contributed by atoms with Crippen LogP contribution in [0.25, 0.3) is 0 Å². The van der Waals surface area contributed by atoms with E-state index in [-0.39, 0.29) is 17.7 Å². The van der Waals surface area contributed by atoms with Gasteiger partial charge in [-0.1, -0.05) is 54.6 Å². The highest BCUT2D eigenvalue weighted by Gasteiger charge is 2.52. The molecule has 0 spiro atoms. The summed E-state index contributed by atoms with van der Waals surface area (Å²) < 4.78 is 27.7. The van der Waals surface area contributed by atoms with E-state index >= 15 is 0 Å². The minimum absolute atomic E-state index is 0.233. The van der Waals surface area contributed by atoms with Crippen molar-refractivity contribution in [2.45, 2.75) is 31.5 Å². The van der Waals surface area contributed by atoms with Crippen LogP contribution >= 0.6 is 0 Å². The number of esters is 4. The Bertz CT molecular complexity index is 1230. The lowest BCUT2D eigenvalue weighted by molar-refractivity contribution is -0.187. The van der Waals surface area contributed by atoms with Gasteiger partial charge in [-0.2, -0.15) is 0 Å². The Labute approximate surface area is 212 Å². The molecule has 0 amide bonds. The maximum Gasteiger partial charge on any atom is 0.338 e. The fourth-order valence-electron chi connectivity index (χ4n) is 3.70. The normalized spacial score (nSPS) is 20.5. The Morgan fingerprint density at radius 2 is 1.05 bits per heavy atom. The fraction of sp³-hybridized carbons (Fsp3) is 0.214. The molecule has 0 saturated carbocycles. The predicted octanol–water partition coefficient (Wildman–Crippen LogP) is 3.58. The van der Waals surface area contributed by atoms with Crippen molar-refractivity contribution in [3.8, 4) is 0 Å². The zero-order valence-electron chi connectivity index (χ0n) is 19.9. The zero-order chi connectivity index (χ0) is 26.2. The highest BCUT2D eigenvalue weighted by Crippen LogP contribution is 2.30. The minimum Gasteiger partial charge on any atom is -0.459 e. The molecule has 3 aromatic rings. The summed E-state index contributed by atoms with van der Waals surface area (Å²) in [5, 5.41) is 0. The van der Waals surface area contributed by atoms with Crippen LogP contribution in [0.3, 0.4) is 0 Å². The highest BCUT2D eigenvalue weighted by molar-refractivity contribution is 5.91. The number of carbonyl (C=O) groups excluding carboxylic acids is 4. The first kappa shape index (κ1) is 25.6. The van der Waals surface area contributed by atoms with Crippen LogP contribution in [0, 0.1) is 0 Å². The summed E-state index contributed by atoms with van der Waals surface area (Å²) in [6, 6.07) is 24.6. The molecular formula is C28H24O9. The lowest BCUT2D eigenvalue weighted by Gasteiger charge is -2.24. The Hall–Kier alpha value is -4.50. The van der Waals surface area contributed by atoms with Gasteiger partial charge in [0.1, 0.15) is 12.7 Å². The standard InChI is InChI=1S/C28H24O9/c1-18(29)34-28-24(37-27(32)21-15-9-4-10-16-21)23(36-26(31)20-13-7-3-8-14-20)22(35-28)17-33-25(30)19-11-5-2-6-12-19/h2-16,22-24,28H,17H2,1H3/t22-,23+,24+,28+/m1/s1. The van der Waals surface area contributed by atoms with Crippen molar-refractivity contribution in [3.05, 3.63) is 108 Å². The Morgan fingerprint density at radius 1 is 0.622 bits per heavy atom. The number of ether oxygens (including phenoxy) is 5. The van der Waals surface area contributed by atoms with E-state index in [0.717, 1.165) is 6.92 Å². The maximum absolute atomic E-state index is 12.9. The van der Waals surface area contributed by atoms with Crippen LogP contribution in [0.15, 0.2) is 91.0 Å². The molecule has 0 unspecified atom stereocenters. The molecule has 0 bridgehead atoms. The molecule has 1 saturated heterocycles. The first-order valence-electron chi connectivity index (χ1n) is 11.5. The fourth-order valence-corrected chi connectivity index (χ4v) is 3.70. The van der Waals surface area contributed by atoms with Crippen LogP contribution in [0.1, 0.15) is 38.0 Å². The molecule has 1 heterocycles. The van der Waals surface area contributed by atoms with Crippen LogP contribution < -0.4 is 0 Å². The molecule has 4 atom stereocenters. The highest BCUT2D eigenvalue weighted by atomic mass is 16.8. The topological polar surface area (TPSA) is 114 Å². The summed E-state index contributed by atoms with van der Waals surface area (Å²) in [5.74, 6) is -2.81. The summed E-state index contributed by atoms with van der Waals surface area (Å²) in [6.45, 7) is 0.796. The molecule has 0 aromatic heterocycles. The molecule has 0 radical (unpaired) electrons. The molecule has 0 N–H and O–H groups in total. The van der Waals surface area contributed by atoms with Crippen molar-refractivity contribution in [1.82, 2.24) is 0 Å². The zero-order valence-corrected chi connectivity index (χ0v) is 19.9. The average Bonchev–Trinajstić information content (AvgIpc) is 3.23. The van der Waals surface area contributed by atoms with Crippen LogP contribution in [0.2, 0.25) is 0 Å². The van der Waals surface area contributed by atoms with Gasteiger partial charge in [-0.3, -0.25) is 4.79 Å². The molecular weight excluding hydrogens is 480 g/mol. The van der Waals surface area contributed by atoms with Crippen molar-refractivity contribution in [2.75, 3.05) is 6.61 Å². The van der Waals surface area contributed by atoms with Gasteiger partial charge >= 0.3 is 23.9 Å². The van der Waals surface area contributed by atoms with E-state index in [0.29, 0.717) is 5.56 Å². The molecule has 4 rings (SSSR count). The van der Waals surface area contributed by atoms with Gasteiger partial charge in [0, 0.05) is 6.92 Å². The van der Waals surface area contributed by atoms with Gasteiger partial charge in [0.15, 0.2) is 6.10 Å². The number of benzene rings is 3. The van der Waals surface area contributed by atoms with Crippen molar-refractivity contribution in [1.29, 1.82) is 0 Å². The van der Waals surface area contributed by atoms with E-state index in [1.54, 1.807) is 91.0 Å². The molecule has 0 aliphatic carbocycles. The third-order valence-corrected chi connectivity index (χ3v) is 5.44. The second-order valence-electron chi connectivity index (χ2n) is 8.09. The van der Waals surface area contributed by atoms with Gasteiger partial charge in [-0.05, 0) is 36.4 Å². The number of carbonyl (C=O) groups is 4. The van der Waals surface area contributed by atoms with Gasteiger partial charge in [-0.25, -0.2) is 14.4 Å². The first-order valence-corrected chi connectivity index (χ1v) is 11.5. The van der Waals surface area contributed by atoms with Crippen LogP contribution in [0.4, 0.5) is 0 Å². The van der Waals surface area contributed by atoms with Crippen molar-refractivity contribution < 1.29 is 42.9 Å². The monoisotopic (exact) mass is 504 g/mol. The van der Waals surface area contributed by atoms with Crippen LogP contribution in [-0.2, 0) is 28.5 Å². The van der Waals surface area contributed by atoms with E-state index < -0.39 is 48.5 Å². The van der Waals surface area contributed by atoms with Crippen molar-refractivity contribution in [3.63, 3.8) is 0 Å². The van der Waals surface area contributed by atoms with E-state index in [4.69, 9.17) is 23.7 Å². The van der Waals surface area contributed by atoms with Gasteiger partial charge in [-0.15, -0.1) is 0 Å². The quantitative estimate of drug-likeness (QED) is 0.335. The molecule has 1 aliphatic rings. The second-order valence-corrected chi connectivity index (χ2v) is 8.09.